The Morgan fingerprint density at radius 1 is 1.04 bits per heavy atom. The standard InChI is InChI=1S/C19H26N4O/c1-4-11-23(12-5-2)18-13-17(20-15-21-18)19(24)22(3)14-16-9-7-6-8-10-16/h6-10,13,15H,4-5,11-12,14H2,1-3H3. The van der Waals surface area contributed by atoms with Crippen molar-refractivity contribution in [2.75, 3.05) is 25.0 Å². The van der Waals surface area contributed by atoms with Crippen LogP contribution >= 0.6 is 0 Å². The summed E-state index contributed by atoms with van der Waals surface area (Å²) in [5, 5.41) is 0. The maximum absolute atomic E-state index is 12.7. The van der Waals surface area contributed by atoms with Gasteiger partial charge in [-0.25, -0.2) is 9.97 Å². The number of hydrogen-bond donors (Lipinski definition) is 0. The average Bonchev–Trinajstić information content (AvgIpc) is 2.62. The van der Waals surface area contributed by atoms with Crippen molar-refractivity contribution < 1.29 is 4.79 Å². The van der Waals surface area contributed by atoms with Gasteiger partial charge in [0.15, 0.2) is 0 Å². The summed E-state index contributed by atoms with van der Waals surface area (Å²) < 4.78 is 0. The molecular formula is C19H26N4O. The Hall–Kier alpha value is -2.43. The summed E-state index contributed by atoms with van der Waals surface area (Å²) in [6, 6.07) is 11.7. The van der Waals surface area contributed by atoms with Gasteiger partial charge in [-0.1, -0.05) is 44.2 Å². The van der Waals surface area contributed by atoms with Gasteiger partial charge in [-0.05, 0) is 18.4 Å². The lowest BCUT2D eigenvalue weighted by atomic mass is 10.2. The van der Waals surface area contributed by atoms with Crippen LogP contribution < -0.4 is 4.90 Å². The highest BCUT2D eigenvalue weighted by atomic mass is 16.2. The van der Waals surface area contributed by atoms with Crippen molar-refractivity contribution >= 4 is 11.7 Å². The molecule has 2 aromatic rings. The van der Waals surface area contributed by atoms with Crippen LogP contribution in [0.4, 0.5) is 5.82 Å². The summed E-state index contributed by atoms with van der Waals surface area (Å²) in [4.78, 5) is 25.1. The van der Waals surface area contributed by atoms with E-state index in [1.54, 1.807) is 18.0 Å². The minimum absolute atomic E-state index is 0.0875. The van der Waals surface area contributed by atoms with Crippen LogP contribution in [0.2, 0.25) is 0 Å². The van der Waals surface area contributed by atoms with E-state index < -0.39 is 0 Å². The van der Waals surface area contributed by atoms with Crippen LogP contribution in [0.5, 0.6) is 0 Å². The third-order valence-corrected chi connectivity index (χ3v) is 3.79. The number of benzene rings is 1. The van der Waals surface area contributed by atoms with E-state index in [4.69, 9.17) is 0 Å². The van der Waals surface area contributed by atoms with Gasteiger partial charge in [0.05, 0.1) is 0 Å². The largest absolute Gasteiger partial charge is 0.357 e. The molecular weight excluding hydrogens is 300 g/mol. The molecule has 0 unspecified atom stereocenters. The molecule has 0 saturated carbocycles. The first-order valence-corrected chi connectivity index (χ1v) is 8.52. The molecule has 24 heavy (non-hydrogen) atoms. The molecule has 0 fully saturated rings. The van der Waals surface area contributed by atoms with E-state index in [1.165, 1.54) is 6.33 Å². The summed E-state index contributed by atoms with van der Waals surface area (Å²) >= 11 is 0. The zero-order valence-corrected chi connectivity index (χ0v) is 14.8. The van der Waals surface area contributed by atoms with Gasteiger partial charge < -0.3 is 9.80 Å². The topological polar surface area (TPSA) is 49.3 Å². The fourth-order valence-corrected chi connectivity index (χ4v) is 2.64. The highest BCUT2D eigenvalue weighted by Crippen LogP contribution is 2.14. The summed E-state index contributed by atoms with van der Waals surface area (Å²) in [6.07, 6.45) is 3.57. The zero-order valence-electron chi connectivity index (χ0n) is 14.8. The maximum Gasteiger partial charge on any atom is 0.272 e. The molecule has 1 aromatic heterocycles. The Kier molecular flexibility index (Phi) is 6.73. The molecule has 5 heteroatoms. The number of hydrogen-bond acceptors (Lipinski definition) is 4. The predicted octanol–water partition coefficient (Wildman–Crippen LogP) is 3.38. The molecule has 0 spiro atoms. The summed E-state index contributed by atoms with van der Waals surface area (Å²) in [5.74, 6) is 0.737. The van der Waals surface area contributed by atoms with Gasteiger partial charge >= 0.3 is 0 Å². The molecule has 0 radical (unpaired) electrons. The number of carbonyl (C=O) groups excluding carboxylic acids is 1. The third kappa shape index (κ3) is 4.78. The van der Waals surface area contributed by atoms with E-state index in [0.717, 1.165) is 37.3 Å². The Bertz CT molecular complexity index is 639. The van der Waals surface area contributed by atoms with Crippen LogP contribution in [-0.2, 0) is 6.54 Å². The van der Waals surface area contributed by atoms with Crippen molar-refractivity contribution in [3.05, 3.63) is 54.0 Å². The van der Waals surface area contributed by atoms with Gasteiger partial charge in [0, 0.05) is 32.7 Å². The lowest BCUT2D eigenvalue weighted by Gasteiger charge is -2.23. The first kappa shape index (κ1) is 17.9. The fraction of sp³-hybridized carbons (Fsp3) is 0.421. The van der Waals surface area contributed by atoms with E-state index in [0.29, 0.717) is 12.2 Å². The number of nitrogens with zero attached hydrogens (tertiary/aromatic N) is 4. The second kappa shape index (κ2) is 9.01. The maximum atomic E-state index is 12.7. The van der Waals surface area contributed by atoms with E-state index in [2.05, 4.69) is 28.7 Å². The third-order valence-electron chi connectivity index (χ3n) is 3.79. The molecule has 5 nitrogen and oxygen atoms in total. The van der Waals surface area contributed by atoms with Gasteiger partial charge in [-0.3, -0.25) is 4.79 Å². The first-order chi connectivity index (χ1) is 11.7. The smallest absolute Gasteiger partial charge is 0.272 e. The monoisotopic (exact) mass is 326 g/mol. The molecule has 128 valence electrons. The van der Waals surface area contributed by atoms with Gasteiger partial charge in [0.25, 0.3) is 5.91 Å². The molecule has 0 bridgehead atoms. The molecule has 0 aliphatic carbocycles. The van der Waals surface area contributed by atoms with Crippen molar-refractivity contribution in [3.8, 4) is 0 Å². The van der Waals surface area contributed by atoms with Gasteiger partial charge in [-0.15, -0.1) is 0 Å². The Morgan fingerprint density at radius 3 is 2.33 bits per heavy atom. The van der Waals surface area contributed by atoms with Crippen LogP contribution in [0.15, 0.2) is 42.7 Å². The minimum Gasteiger partial charge on any atom is -0.357 e. The Balaban J connectivity index is 2.13. The van der Waals surface area contributed by atoms with Gasteiger partial charge in [0.1, 0.15) is 17.8 Å². The van der Waals surface area contributed by atoms with Crippen molar-refractivity contribution in [1.82, 2.24) is 14.9 Å². The fourth-order valence-electron chi connectivity index (χ4n) is 2.64. The number of anilines is 1. The average molecular weight is 326 g/mol. The van der Waals surface area contributed by atoms with Crippen LogP contribution in [0, 0.1) is 0 Å². The molecule has 1 aromatic carbocycles. The normalized spacial score (nSPS) is 10.5. The Labute approximate surface area is 144 Å². The molecule has 2 rings (SSSR count). The van der Waals surface area contributed by atoms with Gasteiger partial charge in [0.2, 0.25) is 0 Å². The summed E-state index contributed by atoms with van der Waals surface area (Å²) in [6.45, 7) is 6.70. The molecule has 0 saturated heterocycles. The number of carbonyl (C=O) groups is 1. The number of aromatic nitrogens is 2. The van der Waals surface area contributed by atoms with E-state index >= 15 is 0 Å². The van der Waals surface area contributed by atoms with Crippen molar-refractivity contribution in [2.45, 2.75) is 33.2 Å². The first-order valence-electron chi connectivity index (χ1n) is 8.52. The van der Waals surface area contributed by atoms with Crippen LogP contribution in [0.25, 0.3) is 0 Å². The SMILES string of the molecule is CCCN(CCC)c1cc(C(=O)N(C)Cc2ccccc2)ncn1. The molecule has 0 aliphatic rings. The van der Waals surface area contributed by atoms with Crippen LogP contribution in [0.3, 0.4) is 0 Å². The lowest BCUT2D eigenvalue weighted by molar-refractivity contribution is 0.0779. The zero-order chi connectivity index (χ0) is 17.4. The molecule has 1 amide bonds. The van der Waals surface area contributed by atoms with Crippen molar-refractivity contribution in [3.63, 3.8) is 0 Å². The van der Waals surface area contributed by atoms with E-state index in [1.807, 2.05) is 30.3 Å². The Morgan fingerprint density at radius 2 is 1.71 bits per heavy atom. The van der Waals surface area contributed by atoms with Crippen molar-refractivity contribution in [1.29, 1.82) is 0 Å². The highest BCUT2D eigenvalue weighted by molar-refractivity contribution is 5.92. The van der Waals surface area contributed by atoms with Crippen molar-refractivity contribution in [2.24, 2.45) is 0 Å². The molecule has 0 atom stereocenters. The number of amides is 1. The van der Waals surface area contributed by atoms with E-state index in [-0.39, 0.29) is 5.91 Å². The van der Waals surface area contributed by atoms with E-state index in [9.17, 15) is 4.79 Å². The van der Waals surface area contributed by atoms with Crippen LogP contribution in [0.1, 0.15) is 42.7 Å². The minimum atomic E-state index is -0.0875. The summed E-state index contributed by atoms with van der Waals surface area (Å²) in [7, 11) is 1.80. The lowest BCUT2D eigenvalue weighted by Crippen LogP contribution is -2.29. The summed E-state index contributed by atoms with van der Waals surface area (Å²) in [5.41, 5.74) is 1.54. The van der Waals surface area contributed by atoms with Crippen LogP contribution in [-0.4, -0.2) is 40.9 Å². The number of rotatable bonds is 8. The molecule has 0 aliphatic heterocycles. The second-order valence-corrected chi connectivity index (χ2v) is 5.90. The predicted molar refractivity (Wildman–Crippen MR) is 97.1 cm³/mol. The molecule has 0 N–H and O–H groups in total. The quantitative estimate of drug-likeness (QED) is 0.746. The molecule has 1 heterocycles. The second-order valence-electron chi connectivity index (χ2n) is 5.90. The highest BCUT2D eigenvalue weighted by Gasteiger charge is 2.16. The van der Waals surface area contributed by atoms with Gasteiger partial charge in [-0.2, -0.15) is 0 Å².